The lowest BCUT2D eigenvalue weighted by atomic mass is 10.1. The summed E-state index contributed by atoms with van der Waals surface area (Å²) in [5, 5.41) is 5.79. The third kappa shape index (κ3) is 3.22. The zero-order valence-corrected chi connectivity index (χ0v) is 19.2. The van der Waals surface area contributed by atoms with E-state index in [0.29, 0.717) is 5.78 Å². The van der Waals surface area contributed by atoms with Gasteiger partial charge in [0.15, 0.2) is 6.23 Å². The molecule has 1 aromatic carbocycles. The largest absolute Gasteiger partial charge is 0.356 e. The normalized spacial score (nSPS) is 16.8. The van der Waals surface area contributed by atoms with Gasteiger partial charge in [0, 0.05) is 35.6 Å². The van der Waals surface area contributed by atoms with Crippen LogP contribution < -0.4 is 0 Å². The van der Waals surface area contributed by atoms with Crippen molar-refractivity contribution in [3.63, 3.8) is 0 Å². The molecule has 0 saturated carbocycles. The van der Waals surface area contributed by atoms with Crippen LogP contribution in [0.15, 0.2) is 59.5 Å². The van der Waals surface area contributed by atoms with Crippen LogP contribution >= 0.6 is 15.9 Å². The van der Waals surface area contributed by atoms with Crippen molar-refractivity contribution >= 4 is 32.6 Å². The highest BCUT2D eigenvalue weighted by molar-refractivity contribution is 9.10. The van der Waals surface area contributed by atoms with Gasteiger partial charge in [-0.3, -0.25) is 9.38 Å². The number of aryl methyl sites for hydroxylation is 1. The van der Waals surface area contributed by atoms with Gasteiger partial charge in [0.1, 0.15) is 10.3 Å². The van der Waals surface area contributed by atoms with E-state index in [2.05, 4.69) is 39.1 Å². The quantitative estimate of drug-likeness (QED) is 0.331. The average Bonchev–Trinajstić information content (AvgIpc) is 3.37. The van der Waals surface area contributed by atoms with E-state index in [1.807, 2.05) is 46.5 Å². The number of aromatic nitrogens is 6. The van der Waals surface area contributed by atoms with Crippen molar-refractivity contribution in [2.45, 2.75) is 32.4 Å². The first-order chi connectivity index (χ1) is 15.7. The van der Waals surface area contributed by atoms with E-state index in [9.17, 15) is 0 Å². The fourth-order valence-electron chi connectivity index (χ4n) is 4.40. The first kappa shape index (κ1) is 19.6. The zero-order valence-electron chi connectivity index (χ0n) is 17.6. The summed E-state index contributed by atoms with van der Waals surface area (Å²) in [6.45, 7) is 2.77. The smallest absolute Gasteiger partial charge is 0.234 e. The monoisotopic (exact) mass is 488 g/mol. The fourth-order valence-corrected chi connectivity index (χ4v) is 4.89. The van der Waals surface area contributed by atoms with Crippen LogP contribution in [0.4, 0.5) is 0 Å². The Labute approximate surface area is 193 Å². The second kappa shape index (κ2) is 7.79. The molecule has 4 aromatic heterocycles. The summed E-state index contributed by atoms with van der Waals surface area (Å²) in [5.41, 5.74) is 5.63. The maximum Gasteiger partial charge on any atom is 0.234 e. The van der Waals surface area contributed by atoms with Crippen LogP contribution in [0.3, 0.4) is 0 Å². The minimum Gasteiger partial charge on any atom is -0.356 e. The van der Waals surface area contributed by atoms with Crippen molar-refractivity contribution in [3.8, 4) is 22.6 Å². The molecular weight excluding hydrogens is 468 g/mol. The first-order valence-electron chi connectivity index (χ1n) is 10.8. The molecule has 1 saturated heterocycles. The second-order valence-corrected chi connectivity index (χ2v) is 8.80. The number of pyridine rings is 1. The summed E-state index contributed by atoms with van der Waals surface area (Å²) in [6, 6.07) is 14.3. The molecule has 6 rings (SSSR count). The Morgan fingerprint density at radius 1 is 1.09 bits per heavy atom. The molecule has 8 heteroatoms. The third-order valence-corrected chi connectivity index (χ3v) is 6.48. The van der Waals surface area contributed by atoms with E-state index >= 15 is 0 Å². The number of nitrogens with zero attached hydrogens (tertiary/aromatic N) is 6. The van der Waals surface area contributed by atoms with Gasteiger partial charge in [-0.2, -0.15) is 5.10 Å². The van der Waals surface area contributed by atoms with Crippen molar-refractivity contribution in [2.75, 3.05) is 6.61 Å². The molecule has 32 heavy (non-hydrogen) atoms. The lowest BCUT2D eigenvalue weighted by Gasteiger charge is -2.23. The van der Waals surface area contributed by atoms with Crippen molar-refractivity contribution in [3.05, 3.63) is 65.2 Å². The van der Waals surface area contributed by atoms with E-state index in [0.717, 1.165) is 69.7 Å². The van der Waals surface area contributed by atoms with Gasteiger partial charge in [-0.15, -0.1) is 0 Å². The molecule has 1 unspecified atom stereocenters. The molecule has 0 aliphatic carbocycles. The van der Waals surface area contributed by atoms with Crippen LogP contribution in [0, 0.1) is 6.92 Å². The van der Waals surface area contributed by atoms with E-state index in [4.69, 9.17) is 19.8 Å². The lowest BCUT2D eigenvalue weighted by Crippen LogP contribution is -2.19. The highest BCUT2D eigenvalue weighted by Gasteiger charge is 2.22. The van der Waals surface area contributed by atoms with Gasteiger partial charge in [-0.25, -0.2) is 14.6 Å². The van der Waals surface area contributed by atoms with Gasteiger partial charge in [-0.05, 0) is 72.4 Å². The molecule has 1 fully saturated rings. The SMILES string of the molecule is Cc1cccc(-c2nc3ncccn3c2-c2ccc3c(c2)c(Br)nn3C2CCCCO2)n1. The van der Waals surface area contributed by atoms with Gasteiger partial charge in [-0.1, -0.05) is 12.1 Å². The van der Waals surface area contributed by atoms with E-state index in [-0.39, 0.29) is 6.23 Å². The van der Waals surface area contributed by atoms with Crippen molar-refractivity contribution < 1.29 is 4.74 Å². The zero-order chi connectivity index (χ0) is 21.7. The Kier molecular flexibility index (Phi) is 4.77. The average molecular weight is 489 g/mol. The molecule has 7 nitrogen and oxygen atoms in total. The van der Waals surface area contributed by atoms with Gasteiger partial charge in [0.25, 0.3) is 0 Å². The van der Waals surface area contributed by atoms with Gasteiger partial charge in [0.2, 0.25) is 5.78 Å². The Hall–Kier alpha value is -3.10. The maximum absolute atomic E-state index is 5.98. The predicted molar refractivity (Wildman–Crippen MR) is 126 cm³/mol. The van der Waals surface area contributed by atoms with Gasteiger partial charge >= 0.3 is 0 Å². The molecule has 0 spiro atoms. The number of ether oxygens (including phenoxy) is 1. The summed E-state index contributed by atoms with van der Waals surface area (Å²) in [4.78, 5) is 14.0. The van der Waals surface area contributed by atoms with Crippen LogP contribution in [-0.4, -0.2) is 35.7 Å². The summed E-state index contributed by atoms with van der Waals surface area (Å²) in [5.74, 6) is 0.645. The molecule has 1 aliphatic rings. The Balaban J connectivity index is 1.55. The summed E-state index contributed by atoms with van der Waals surface area (Å²) in [6.07, 6.45) is 6.97. The van der Waals surface area contributed by atoms with E-state index < -0.39 is 0 Å². The number of rotatable bonds is 3. The highest BCUT2D eigenvalue weighted by Crippen LogP contribution is 2.36. The maximum atomic E-state index is 5.98. The van der Waals surface area contributed by atoms with E-state index in [1.54, 1.807) is 6.20 Å². The molecule has 0 amide bonds. The first-order valence-corrected chi connectivity index (χ1v) is 11.6. The van der Waals surface area contributed by atoms with E-state index in [1.165, 1.54) is 0 Å². The summed E-state index contributed by atoms with van der Waals surface area (Å²) < 4.78 is 10.8. The number of fused-ring (bicyclic) bond motifs is 2. The van der Waals surface area contributed by atoms with Crippen molar-refractivity contribution in [1.82, 2.24) is 29.1 Å². The van der Waals surface area contributed by atoms with Crippen molar-refractivity contribution in [1.29, 1.82) is 0 Å². The van der Waals surface area contributed by atoms with Gasteiger partial charge in [0.05, 0.1) is 16.9 Å². The molecule has 1 atom stereocenters. The number of hydrogen-bond acceptors (Lipinski definition) is 5. The van der Waals surface area contributed by atoms with Crippen LogP contribution in [0.5, 0.6) is 0 Å². The Morgan fingerprint density at radius 3 is 2.88 bits per heavy atom. The molecule has 5 heterocycles. The number of hydrogen-bond donors (Lipinski definition) is 0. The Bertz CT molecular complexity index is 1450. The topological polar surface area (TPSA) is 70.1 Å². The van der Waals surface area contributed by atoms with Gasteiger partial charge < -0.3 is 4.74 Å². The third-order valence-electron chi connectivity index (χ3n) is 5.90. The lowest BCUT2D eigenvalue weighted by molar-refractivity contribution is -0.0368. The second-order valence-electron chi connectivity index (χ2n) is 8.05. The molecule has 0 bridgehead atoms. The molecule has 0 radical (unpaired) electrons. The molecule has 160 valence electrons. The minimum absolute atomic E-state index is 0.0181. The van der Waals surface area contributed by atoms with Crippen LogP contribution in [0.25, 0.3) is 39.3 Å². The van der Waals surface area contributed by atoms with Crippen LogP contribution in [0.2, 0.25) is 0 Å². The predicted octanol–water partition coefficient (Wildman–Crippen LogP) is 5.58. The molecule has 1 aliphatic heterocycles. The summed E-state index contributed by atoms with van der Waals surface area (Å²) >= 11 is 3.67. The van der Waals surface area contributed by atoms with Crippen LogP contribution in [-0.2, 0) is 4.74 Å². The van der Waals surface area contributed by atoms with Crippen LogP contribution in [0.1, 0.15) is 31.2 Å². The number of imidazole rings is 1. The fraction of sp³-hybridized carbons (Fsp3) is 0.250. The molecule has 5 aromatic rings. The molecular formula is C24H21BrN6O. The highest BCUT2D eigenvalue weighted by atomic mass is 79.9. The number of halogens is 1. The Morgan fingerprint density at radius 2 is 2.03 bits per heavy atom. The number of benzene rings is 1. The minimum atomic E-state index is -0.0181. The standard InChI is InChI=1S/C24H21BrN6O/c1-15-6-4-7-18(27-15)21-22(30-12-5-11-26-24(30)28-21)16-9-10-19-17(14-16)23(25)29-31(19)20-8-2-3-13-32-20/h4-7,9-12,14,20H,2-3,8,13H2,1H3. The summed E-state index contributed by atoms with van der Waals surface area (Å²) in [7, 11) is 0. The van der Waals surface area contributed by atoms with Crippen molar-refractivity contribution in [2.24, 2.45) is 0 Å². The molecule has 0 N–H and O–H groups in total.